The maximum absolute atomic E-state index is 12.0. The van der Waals surface area contributed by atoms with Crippen LogP contribution >= 0.6 is 23.7 Å². The Morgan fingerprint density at radius 2 is 2.11 bits per heavy atom. The summed E-state index contributed by atoms with van der Waals surface area (Å²) >= 11 is 1.66. The lowest BCUT2D eigenvalue weighted by atomic mass is 10.2. The second kappa shape index (κ2) is 6.68. The fraction of sp³-hybridized carbons (Fsp3) is 0.692. The van der Waals surface area contributed by atoms with Crippen molar-refractivity contribution in [2.45, 2.75) is 51.0 Å². The smallest absolute Gasteiger partial charge is 0.243 e. The van der Waals surface area contributed by atoms with Crippen molar-refractivity contribution in [1.82, 2.24) is 10.3 Å². The van der Waals surface area contributed by atoms with Gasteiger partial charge in [0.2, 0.25) is 5.91 Å². The topological polar surface area (TPSA) is 54.0 Å². The van der Waals surface area contributed by atoms with Gasteiger partial charge in [-0.05, 0) is 45.1 Å². The molecule has 0 aromatic carbocycles. The molecule has 2 aliphatic rings. The molecule has 19 heavy (non-hydrogen) atoms. The molecule has 4 nitrogen and oxygen atoms in total. The van der Waals surface area contributed by atoms with Crippen molar-refractivity contribution in [3.63, 3.8) is 0 Å². The standard InChI is InChI=1S/C13H19N3OS.ClH/c17-12(10-6-4-8-14-10)16-13-15-9-5-2-1-3-7-11(9)18-13;/h10,14H,1-8H2,(H,15,16,17);1H. The predicted octanol–water partition coefficient (Wildman–Crippen LogP) is 2.52. The molecule has 1 aromatic rings. The molecule has 6 heteroatoms. The van der Waals surface area contributed by atoms with E-state index in [0.29, 0.717) is 0 Å². The van der Waals surface area contributed by atoms with E-state index in [9.17, 15) is 4.79 Å². The van der Waals surface area contributed by atoms with Gasteiger partial charge in [0.05, 0.1) is 11.7 Å². The summed E-state index contributed by atoms with van der Waals surface area (Å²) in [7, 11) is 0. The number of rotatable bonds is 2. The van der Waals surface area contributed by atoms with Crippen molar-refractivity contribution >= 4 is 34.8 Å². The van der Waals surface area contributed by atoms with Crippen molar-refractivity contribution in [2.24, 2.45) is 0 Å². The van der Waals surface area contributed by atoms with Crippen LogP contribution in [0.1, 0.15) is 42.7 Å². The Bertz CT molecular complexity index is 420. The fourth-order valence-corrected chi connectivity index (χ4v) is 3.74. The number of aromatic nitrogens is 1. The molecule has 1 saturated heterocycles. The number of halogens is 1. The van der Waals surface area contributed by atoms with E-state index in [-0.39, 0.29) is 24.4 Å². The summed E-state index contributed by atoms with van der Waals surface area (Å²) in [5.74, 6) is 0.0800. The van der Waals surface area contributed by atoms with Gasteiger partial charge in [-0.1, -0.05) is 6.42 Å². The minimum atomic E-state index is -0.0197. The number of hydrogen-bond donors (Lipinski definition) is 2. The first-order valence-electron chi connectivity index (χ1n) is 6.86. The molecule has 106 valence electrons. The Morgan fingerprint density at radius 3 is 2.89 bits per heavy atom. The summed E-state index contributed by atoms with van der Waals surface area (Å²) < 4.78 is 0. The first-order chi connectivity index (χ1) is 8.83. The molecule has 0 radical (unpaired) electrons. The van der Waals surface area contributed by atoms with Gasteiger partial charge in [0.25, 0.3) is 0 Å². The number of carbonyl (C=O) groups is 1. The van der Waals surface area contributed by atoms with Gasteiger partial charge in [0.15, 0.2) is 5.13 Å². The molecule has 2 N–H and O–H groups in total. The molecule has 0 spiro atoms. The first kappa shape index (κ1) is 14.8. The van der Waals surface area contributed by atoms with E-state index in [0.717, 1.165) is 37.4 Å². The Balaban J connectivity index is 0.00000133. The molecular weight excluding hydrogens is 282 g/mol. The average Bonchev–Trinajstić information content (AvgIpc) is 2.96. The Morgan fingerprint density at radius 1 is 1.26 bits per heavy atom. The van der Waals surface area contributed by atoms with Crippen molar-refractivity contribution in [3.8, 4) is 0 Å². The van der Waals surface area contributed by atoms with Crippen molar-refractivity contribution < 1.29 is 4.79 Å². The number of thiazole rings is 1. The third kappa shape index (κ3) is 3.46. The summed E-state index contributed by atoms with van der Waals surface area (Å²) in [5.41, 5.74) is 1.21. The Hall–Kier alpha value is -0.650. The monoisotopic (exact) mass is 301 g/mol. The molecule has 1 atom stereocenters. The van der Waals surface area contributed by atoms with Crippen LogP contribution in [0.5, 0.6) is 0 Å². The van der Waals surface area contributed by atoms with E-state index in [2.05, 4.69) is 15.6 Å². The molecule has 2 heterocycles. The molecule has 1 amide bonds. The van der Waals surface area contributed by atoms with Gasteiger partial charge in [0.1, 0.15) is 0 Å². The summed E-state index contributed by atoms with van der Waals surface area (Å²) in [6.07, 6.45) is 8.02. The number of carbonyl (C=O) groups excluding carboxylic acids is 1. The molecule has 1 unspecified atom stereocenters. The molecule has 0 bridgehead atoms. The number of hydrogen-bond acceptors (Lipinski definition) is 4. The van der Waals surface area contributed by atoms with Gasteiger partial charge in [-0.15, -0.1) is 23.7 Å². The van der Waals surface area contributed by atoms with Crippen molar-refractivity contribution in [2.75, 3.05) is 11.9 Å². The van der Waals surface area contributed by atoms with Gasteiger partial charge < -0.3 is 10.6 Å². The van der Waals surface area contributed by atoms with Crippen LogP contribution in [-0.4, -0.2) is 23.5 Å². The molecule has 1 fully saturated rings. The maximum Gasteiger partial charge on any atom is 0.243 e. The van der Waals surface area contributed by atoms with Crippen LogP contribution in [0.3, 0.4) is 0 Å². The molecule has 1 aliphatic carbocycles. The number of nitrogens with zero attached hydrogens (tertiary/aromatic N) is 1. The minimum Gasteiger partial charge on any atom is -0.306 e. The van der Waals surface area contributed by atoms with Crippen molar-refractivity contribution in [3.05, 3.63) is 10.6 Å². The molecule has 1 aliphatic heterocycles. The zero-order chi connectivity index (χ0) is 12.4. The number of anilines is 1. The SMILES string of the molecule is Cl.O=C(Nc1nc2c(s1)CCCCC2)C1CCCN1. The summed E-state index contributed by atoms with van der Waals surface area (Å²) in [4.78, 5) is 17.9. The van der Waals surface area contributed by atoms with Gasteiger partial charge in [-0.2, -0.15) is 0 Å². The van der Waals surface area contributed by atoms with Crippen LogP contribution in [0.2, 0.25) is 0 Å². The van der Waals surface area contributed by atoms with Gasteiger partial charge in [-0.3, -0.25) is 4.79 Å². The summed E-state index contributed by atoms with van der Waals surface area (Å²) in [6, 6.07) is -0.0197. The largest absolute Gasteiger partial charge is 0.306 e. The third-order valence-electron chi connectivity index (χ3n) is 3.70. The normalized spacial score (nSPS) is 22.2. The molecule has 1 aromatic heterocycles. The van der Waals surface area contributed by atoms with Crippen LogP contribution in [0.15, 0.2) is 0 Å². The molecular formula is C13H20ClN3OS. The second-order valence-corrected chi connectivity index (χ2v) is 6.17. The van der Waals surface area contributed by atoms with Crippen LogP contribution in [-0.2, 0) is 17.6 Å². The highest BCUT2D eigenvalue weighted by Gasteiger charge is 2.23. The highest BCUT2D eigenvalue weighted by Crippen LogP contribution is 2.29. The maximum atomic E-state index is 12.0. The van der Waals surface area contributed by atoms with Crippen LogP contribution in [0.25, 0.3) is 0 Å². The fourth-order valence-electron chi connectivity index (χ4n) is 2.68. The molecule has 3 rings (SSSR count). The lowest BCUT2D eigenvalue weighted by molar-refractivity contribution is -0.117. The van der Waals surface area contributed by atoms with Crippen LogP contribution in [0.4, 0.5) is 5.13 Å². The zero-order valence-corrected chi connectivity index (χ0v) is 12.5. The lowest BCUT2D eigenvalue weighted by Gasteiger charge is -2.08. The summed E-state index contributed by atoms with van der Waals surface area (Å²) in [6.45, 7) is 0.951. The van der Waals surface area contributed by atoms with E-state index >= 15 is 0 Å². The van der Waals surface area contributed by atoms with E-state index in [4.69, 9.17) is 0 Å². The van der Waals surface area contributed by atoms with E-state index in [1.165, 1.54) is 29.8 Å². The van der Waals surface area contributed by atoms with E-state index < -0.39 is 0 Å². The van der Waals surface area contributed by atoms with Gasteiger partial charge in [-0.25, -0.2) is 4.98 Å². The summed E-state index contributed by atoms with van der Waals surface area (Å²) in [5, 5.41) is 6.97. The minimum absolute atomic E-state index is 0. The number of amides is 1. The lowest BCUT2D eigenvalue weighted by Crippen LogP contribution is -2.35. The second-order valence-electron chi connectivity index (χ2n) is 5.09. The predicted molar refractivity (Wildman–Crippen MR) is 80.3 cm³/mol. The Labute approximate surface area is 123 Å². The average molecular weight is 302 g/mol. The van der Waals surface area contributed by atoms with Crippen LogP contribution in [0, 0.1) is 0 Å². The first-order valence-corrected chi connectivity index (χ1v) is 7.67. The van der Waals surface area contributed by atoms with Crippen LogP contribution < -0.4 is 10.6 Å². The zero-order valence-electron chi connectivity index (χ0n) is 10.9. The van der Waals surface area contributed by atoms with Gasteiger partial charge in [0, 0.05) is 4.88 Å². The number of nitrogens with one attached hydrogen (secondary N) is 2. The Kier molecular flexibility index (Phi) is 5.19. The highest BCUT2D eigenvalue weighted by molar-refractivity contribution is 7.15. The number of fused-ring (bicyclic) bond motifs is 1. The third-order valence-corrected chi connectivity index (χ3v) is 4.78. The van der Waals surface area contributed by atoms with E-state index in [1.54, 1.807) is 11.3 Å². The van der Waals surface area contributed by atoms with Gasteiger partial charge >= 0.3 is 0 Å². The quantitative estimate of drug-likeness (QED) is 0.825. The molecule has 0 saturated carbocycles. The number of aryl methyl sites for hydroxylation is 2. The van der Waals surface area contributed by atoms with E-state index in [1.807, 2.05) is 0 Å². The highest BCUT2D eigenvalue weighted by atomic mass is 35.5. The van der Waals surface area contributed by atoms with Crippen molar-refractivity contribution in [1.29, 1.82) is 0 Å².